The Hall–Kier alpha value is -1.32. The molecule has 0 saturated heterocycles. The number of carbonyl (C=O) groups is 2. The second-order valence-corrected chi connectivity index (χ2v) is 6.31. The van der Waals surface area contributed by atoms with Crippen LogP contribution in [0.2, 0.25) is 0 Å². The molecule has 0 bridgehead atoms. The SMILES string of the molecule is CCCCCCCCCCCCC=CCC(CC(=O)O)C(=O)O. The maximum absolute atomic E-state index is 10.9. The quantitative estimate of drug-likeness (QED) is 0.293. The van der Waals surface area contributed by atoms with E-state index in [0.717, 1.165) is 12.8 Å². The van der Waals surface area contributed by atoms with Crippen LogP contribution < -0.4 is 0 Å². The molecule has 0 aliphatic rings. The van der Waals surface area contributed by atoms with Gasteiger partial charge in [-0.3, -0.25) is 9.59 Å². The molecule has 23 heavy (non-hydrogen) atoms. The second-order valence-electron chi connectivity index (χ2n) is 6.31. The van der Waals surface area contributed by atoms with E-state index in [1.165, 1.54) is 57.8 Å². The first-order valence-electron chi connectivity index (χ1n) is 9.17. The largest absolute Gasteiger partial charge is 0.481 e. The molecule has 0 aliphatic heterocycles. The summed E-state index contributed by atoms with van der Waals surface area (Å²) in [7, 11) is 0. The number of rotatable bonds is 16. The molecular formula is C19H34O4. The van der Waals surface area contributed by atoms with E-state index in [4.69, 9.17) is 10.2 Å². The molecule has 1 unspecified atom stereocenters. The summed E-state index contributed by atoms with van der Waals surface area (Å²) in [5.74, 6) is -2.90. The lowest BCUT2D eigenvalue weighted by atomic mass is 10.0. The van der Waals surface area contributed by atoms with Gasteiger partial charge in [-0.1, -0.05) is 76.9 Å². The summed E-state index contributed by atoms with van der Waals surface area (Å²) in [5, 5.41) is 17.6. The topological polar surface area (TPSA) is 74.6 Å². The first kappa shape index (κ1) is 21.7. The van der Waals surface area contributed by atoms with Gasteiger partial charge in [0.15, 0.2) is 0 Å². The molecule has 134 valence electrons. The Bertz CT molecular complexity index is 336. The summed E-state index contributed by atoms with van der Waals surface area (Å²) in [4.78, 5) is 21.4. The average Bonchev–Trinajstić information content (AvgIpc) is 2.50. The smallest absolute Gasteiger partial charge is 0.307 e. The van der Waals surface area contributed by atoms with E-state index in [1.54, 1.807) is 0 Å². The van der Waals surface area contributed by atoms with Crippen LogP contribution in [0.3, 0.4) is 0 Å². The van der Waals surface area contributed by atoms with Crippen molar-refractivity contribution in [1.29, 1.82) is 0 Å². The predicted molar refractivity (Wildman–Crippen MR) is 93.6 cm³/mol. The van der Waals surface area contributed by atoms with Gasteiger partial charge in [-0.15, -0.1) is 0 Å². The Morgan fingerprint density at radius 2 is 1.35 bits per heavy atom. The zero-order valence-corrected chi connectivity index (χ0v) is 14.6. The third-order valence-electron chi connectivity index (χ3n) is 4.08. The van der Waals surface area contributed by atoms with Gasteiger partial charge in [-0.25, -0.2) is 0 Å². The lowest BCUT2D eigenvalue weighted by molar-refractivity contribution is -0.148. The fourth-order valence-corrected chi connectivity index (χ4v) is 2.61. The zero-order valence-electron chi connectivity index (χ0n) is 14.6. The molecule has 0 spiro atoms. The van der Waals surface area contributed by atoms with Gasteiger partial charge in [0.05, 0.1) is 12.3 Å². The minimum absolute atomic E-state index is 0.305. The van der Waals surface area contributed by atoms with E-state index < -0.39 is 17.9 Å². The molecule has 0 fully saturated rings. The minimum Gasteiger partial charge on any atom is -0.481 e. The highest BCUT2D eigenvalue weighted by atomic mass is 16.4. The van der Waals surface area contributed by atoms with Crippen molar-refractivity contribution in [2.24, 2.45) is 5.92 Å². The average molecular weight is 326 g/mol. The second kappa shape index (κ2) is 15.6. The van der Waals surface area contributed by atoms with E-state index in [-0.39, 0.29) is 6.42 Å². The standard InChI is InChI=1S/C19H34O4/c1-2-3-4-5-6-7-8-9-10-11-12-13-14-15-17(19(22)23)16-18(20)21/h13-14,17H,2-12,15-16H2,1H3,(H,20,21)(H,22,23). The molecule has 0 saturated carbocycles. The highest BCUT2D eigenvalue weighted by Gasteiger charge is 2.18. The normalized spacial score (nSPS) is 12.6. The van der Waals surface area contributed by atoms with Crippen LogP contribution in [-0.2, 0) is 9.59 Å². The number of unbranched alkanes of at least 4 members (excludes halogenated alkanes) is 10. The Balaban J connectivity index is 3.46. The number of hydrogen-bond donors (Lipinski definition) is 2. The maximum atomic E-state index is 10.9. The van der Waals surface area contributed by atoms with Gasteiger partial charge in [-0.2, -0.15) is 0 Å². The monoisotopic (exact) mass is 326 g/mol. The minimum atomic E-state index is -1.06. The molecule has 0 aromatic heterocycles. The number of carboxylic acids is 2. The van der Waals surface area contributed by atoms with Crippen molar-refractivity contribution in [2.45, 2.75) is 90.4 Å². The molecule has 0 aromatic rings. The highest BCUT2D eigenvalue weighted by Crippen LogP contribution is 2.13. The third kappa shape index (κ3) is 15.4. The molecule has 2 N–H and O–H groups in total. The molecule has 0 amide bonds. The van der Waals surface area contributed by atoms with Crippen LogP contribution in [-0.4, -0.2) is 22.2 Å². The van der Waals surface area contributed by atoms with Crippen LogP contribution in [0.25, 0.3) is 0 Å². The maximum Gasteiger partial charge on any atom is 0.307 e. The third-order valence-corrected chi connectivity index (χ3v) is 4.08. The van der Waals surface area contributed by atoms with Gasteiger partial charge in [0.1, 0.15) is 0 Å². The number of hydrogen-bond acceptors (Lipinski definition) is 2. The van der Waals surface area contributed by atoms with Crippen LogP contribution in [0.5, 0.6) is 0 Å². The number of carboxylic acid groups (broad SMARTS) is 2. The number of allylic oxidation sites excluding steroid dienone is 2. The van der Waals surface area contributed by atoms with Crippen molar-refractivity contribution < 1.29 is 19.8 Å². The fourth-order valence-electron chi connectivity index (χ4n) is 2.61. The molecule has 4 nitrogen and oxygen atoms in total. The molecule has 4 heteroatoms. The fraction of sp³-hybridized carbons (Fsp3) is 0.789. The first-order chi connectivity index (χ1) is 11.1. The summed E-state index contributed by atoms with van der Waals surface area (Å²) >= 11 is 0. The van der Waals surface area contributed by atoms with Crippen LogP contribution in [0.4, 0.5) is 0 Å². The van der Waals surface area contributed by atoms with Gasteiger partial charge in [0.25, 0.3) is 0 Å². The van der Waals surface area contributed by atoms with E-state index in [1.807, 2.05) is 12.2 Å². The van der Waals surface area contributed by atoms with Gasteiger partial charge >= 0.3 is 11.9 Å². The van der Waals surface area contributed by atoms with E-state index in [0.29, 0.717) is 6.42 Å². The highest BCUT2D eigenvalue weighted by molar-refractivity contribution is 5.77. The van der Waals surface area contributed by atoms with Crippen LogP contribution in [0.1, 0.15) is 90.4 Å². The molecule has 0 radical (unpaired) electrons. The lowest BCUT2D eigenvalue weighted by Gasteiger charge is -2.05. The Morgan fingerprint density at radius 3 is 1.83 bits per heavy atom. The van der Waals surface area contributed by atoms with Crippen molar-refractivity contribution in [3.63, 3.8) is 0 Å². The van der Waals surface area contributed by atoms with Gasteiger partial charge < -0.3 is 10.2 Å². The Kier molecular flexibility index (Phi) is 14.7. The van der Waals surface area contributed by atoms with Gasteiger partial charge in [0.2, 0.25) is 0 Å². The Morgan fingerprint density at radius 1 is 0.826 bits per heavy atom. The van der Waals surface area contributed by atoms with Crippen molar-refractivity contribution in [2.75, 3.05) is 0 Å². The van der Waals surface area contributed by atoms with Crippen LogP contribution in [0, 0.1) is 5.92 Å². The Labute approximate surface area is 141 Å². The summed E-state index contributed by atoms with van der Waals surface area (Å²) < 4.78 is 0. The number of aliphatic carboxylic acids is 2. The molecule has 0 aliphatic carbocycles. The summed E-state index contributed by atoms with van der Waals surface area (Å²) in [6, 6.07) is 0. The summed E-state index contributed by atoms with van der Waals surface area (Å²) in [6.07, 6.45) is 17.8. The predicted octanol–water partition coefficient (Wildman–Crippen LogP) is 5.42. The van der Waals surface area contributed by atoms with Crippen molar-refractivity contribution in [3.8, 4) is 0 Å². The van der Waals surface area contributed by atoms with Crippen molar-refractivity contribution in [1.82, 2.24) is 0 Å². The van der Waals surface area contributed by atoms with Gasteiger partial charge in [-0.05, 0) is 19.3 Å². The van der Waals surface area contributed by atoms with E-state index >= 15 is 0 Å². The summed E-state index contributed by atoms with van der Waals surface area (Å²) in [5.41, 5.74) is 0. The zero-order chi connectivity index (χ0) is 17.3. The van der Waals surface area contributed by atoms with Crippen molar-refractivity contribution >= 4 is 11.9 Å². The van der Waals surface area contributed by atoms with Crippen LogP contribution >= 0.6 is 0 Å². The molecular weight excluding hydrogens is 292 g/mol. The molecule has 0 rings (SSSR count). The first-order valence-corrected chi connectivity index (χ1v) is 9.17. The molecule has 0 heterocycles. The van der Waals surface area contributed by atoms with E-state index in [9.17, 15) is 9.59 Å². The lowest BCUT2D eigenvalue weighted by Crippen LogP contribution is -2.16. The molecule has 0 aromatic carbocycles. The molecule has 1 atom stereocenters. The van der Waals surface area contributed by atoms with Crippen LogP contribution in [0.15, 0.2) is 12.2 Å². The summed E-state index contributed by atoms with van der Waals surface area (Å²) in [6.45, 7) is 2.24. The van der Waals surface area contributed by atoms with Crippen molar-refractivity contribution in [3.05, 3.63) is 12.2 Å². The van der Waals surface area contributed by atoms with E-state index in [2.05, 4.69) is 6.92 Å². The van der Waals surface area contributed by atoms with Gasteiger partial charge in [0, 0.05) is 0 Å².